The molecule has 0 bridgehead atoms. The minimum atomic E-state index is -3.68. The predicted molar refractivity (Wildman–Crippen MR) is 64.4 cm³/mol. The minimum Gasteiger partial charge on any atom is -0.353 e. The van der Waals surface area contributed by atoms with E-state index in [1.54, 1.807) is 20.8 Å². The Morgan fingerprint density at radius 2 is 2.06 bits per heavy atom. The van der Waals surface area contributed by atoms with Crippen molar-refractivity contribution in [3.05, 3.63) is 11.4 Å². The first-order valence-electron chi connectivity index (χ1n) is 5.67. The number of amides is 1. The molecule has 18 heavy (non-hydrogen) atoms. The smallest absolute Gasteiger partial charge is 0.247 e. The highest BCUT2D eigenvalue weighted by molar-refractivity contribution is 7.89. The van der Waals surface area contributed by atoms with Gasteiger partial charge in [-0.1, -0.05) is 0 Å². The topological polar surface area (TPSA) is 95.2 Å². The largest absolute Gasteiger partial charge is 0.353 e. The monoisotopic (exact) mass is 272 g/mol. The standard InChI is InChI=1S/C10H16N4O3S/c1-6-9(7(2)13-12-6)18(16,17)14-5-4-11-10(15)8(14)3/h8H,4-5H2,1-3H3,(H,11,15)(H,12,13). The molecular formula is C10H16N4O3S. The number of aromatic nitrogens is 2. The van der Waals surface area contributed by atoms with Crippen molar-refractivity contribution in [3.63, 3.8) is 0 Å². The van der Waals surface area contributed by atoms with Crippen molar-refractivity contribution in [1.29, 1.82) is 0 Å². The number of sulfonamides is 1. The third-order valence-corrected chi connectivity index (χ3v) is 5.30. The van der Waals surface area contributed by atoms with Gasteiger partial charge < -0.3 is 5.32 Å². The van der Waals surface area contributed by atoms with Crippen LogP contribution in [0.2, 0.25) is 0 Å². The van der Waals surface area contributed by atoms with E-state index < -0.39 is 16.1 Å². The number of aryl methyl sites for hydroxylation is 2. The van der Waals surface area contributed by atoms with Gasteiger partial charge in [-0.25, -0.2) is 8.42 Å². The molecule has 0 spiro atoms. The van der Waals surface area contributed by atoms with E-state index in [-0.39, 0.29) is 17.3 Å². The van der Waals surface area contributed by atoms with Crippen LogP contribution in [-0.2, 0) is 14.8 Å². The Balaban J connectivity index is 2.46. The van der Waals surface area contributed by atoms with Crippen molar-refractivity contribution in [1.82, 2.24) is 19.8 Å². The maximum Gasteiger partial charge on any atom is 0.247 e. The van der Waals surface area contributed by atoms with E-state index in [2.05, 4.69) is 15.5 Å². The van der Waals surface area contributed by atoms with Crippen LogP contribution in [0.1, 0.15) is 18.3 Å². The highest BCUT2D eigenvalue weighted by Crippen LogP contribution is 2.24. The van der Waals surface area contributed by atoms with Gasteiger partial charge in [0.15, 0.2) is 0 Å². The number of aromatic amines is 1. The summed E-state index contributed by atoms with van der Waals surface area (Å²) in [4.78, 5) is 11.7. The molecule has 1 aliphatic heterocycles. The predicted octanol–water partition coefficient (Wildman–Crippen LogP) is -0.464. The number of nitrogens with zero attached hydrogens (tertiary/aromatic N) is 2. The fourth-order valence-electron chi connectivity index (χ4n) is 2.13. The molecule has 2 heterocycles. The number of carbonyl (C=O) groups excluding carboxylic acids is 1. The molecular weight excluding hydrogens is 256 g/mol. The normalized spacial score (nSPS) is 21.9. The summed E-state index contributed by atoms with van der Waals surface area (Å²) in [5.41, 5.74) is 0.913. The molecule has 1 amide bonds. The van der Waals surface area contributed by atoms with Gasteiger partial charge >= 0.3 is 0 Å². The van der Waals surface area contributed by atoms with Crippen LogP contribution in [-0.4, -0.2) is 48.0 Å². The fourth-order valence-corrected chi connectivity index (χ4v) is 4.06. The summed E-state index contributed by atoms with van der Waals surface area (Å²) < 4.78 is 26.3. The lowest BCUT2D eigenvalue weighted by molar-refractivity contribution is -0.126. The van der Waals surface area contributed by atoms with Crippen LogP contribution in [0.25, 0.3) is 0 Å². The van der Waals surface area contributed by atoms with Crippen molar-refractivity contribution in [2.75, 3.05) is 13.1 Å². The third-order valence-electron chi connectivity index (χ3n) is 3.07. The van der Waals surface area contributed by atoms with Gasteiger partial charge in [-0.3, -0.25) is 9.89 Å². The first-order valence-corrected chi connectivity index (χ1v) is 7.11. The molecule has 1 aromatic rings. The van der Waals surface area contributed by atoms with E-state index >= 15 is 0 Å². The van der Waals surface area contributed by atoms with E-state index in [1.165, 1.54) is 4.31 Å². The highest BCUT2D eigenvalue weighted by atomic mass is 32.2. The van der Waals surface area contributed by atoms with Gasteiger partial charge in [0.25, 0.3) is 0 Å². The number of rotatable bonds is 2. The first-order chi connectivity index (χ1) is 8.35. The summed E-state index contributed by atoms with van der Waals surface area (Å²) in [6.45, 7) is 5.47. The summed E-state index contributed by atoms with van der Waals surface area (Å²) in [5.74, 6) is -0.274. The second-order valence-electron chi connectivity index (χ2n) is 4.35. The maximum absolute atomic E-state index is 12.5. The van der Waals surface area contributed by atoms with Crippen LogP contribution in [0, 0.1) is 13.8 Å². The summed E-state index contributed by atoms with van der Waals surface area (Å²) in [7, 11) is -3.68. The molecule has 1 saturated heterocycles. The number of H-pyrrole nitrogens is 1. The molecule has 0 aliphatic carbocycles. The van der Waals surface area contributed by atoms with Crippen molar-refractivity contribution in [3.8, 4) is 0 Å². The molecule has 1 aliphatic rings. The first kappa shape index (κ1) is 13.0. The molecule has 0 aromatic carbocycles. The van der Waals surface area contributed by atoms with Crippen molar-refractivity contribution < 1.29 is 13.2 Å². The van der Waals surface area contributed by atoms with Gasteiger partial charge in [-0.15, -0.1) is 0 Å². The van der Waals surface area contributed by atoms with Gasteiger partial charge in [-0.2, -0.15) is 9.40 Å². The molecule has 1 aromatic heterocycles. The van der Waals surface area contributed by atoms with Crippen LogP contribution in [0.3, 0.4) is 0 Å². The zero-order valence-electron chi connectivity index (χ0n) is 10.5. The van der Waals surface area contributed by atoms with E-state index in [4.69, 9.17) is 0 Å². The molecule has 7 nitrogen and oxygen atoms in total. The molecule has 100 valence electrons. The molecule has 0 saturated carbocycles. The lowest BCUT2D eigenvalue weighted by Crippen LogP contribution is -2.55. The summed E-state index contributed by atoms with van der Waals surface area (Å²) in [5, 5.41) is 9.18. The van der Waals surface area contributed by atoms with E-state index in [0.717, 1.165) is 0 Å². The summed E-state index contributed by atoms with van der Waals surface area (Å²) in [6.07, 6.45) is 0. The molecule has 1 fully saturated rings. The van der Waals surface area contributed by atoms with Gasteiger partial charge in [0.2, 0.25) is 15.9 Å². The quantitative estimate of drug-likeness (QED) is 0.761. The lowest BCUT2D eigenvalue weighted by Gasteiger charge is -2.31. The number of piperazine rings is 1. The second-order valence-corrected chi connectivity index (χ2v) is 6.17. The lowest BCUT2D eigenvalue weighted by atomic mass is 10.2. The van der Waals surface area contributed by atoms with E-state index in [9.17, 15) is 13.2 Å². The second kappa shape index (κ2) is 4.36. The van der Waals surface area contributed by atoms with Crippen molar-refractivity contribution >= 4 is 15.9 Å². The molecule has 2 N–H and O–H groups in total. The average molecular weight is 272 g/mol. The molecule has 2 rings (SSSR count). The van der Waals surface area contributed by atoms with Gasteiger partial charge in [0.1, 0.15) is 10.9 Å². The van der Waals surface area contributed by atoms with Crippen LogP contribution in [0.4, 0.5) is 0 Å². The Kier molecular flexibility index (Phi) is 3.16. The maximum atomic E-state index is 12.5. The van der Waals surface area contributed by atoms with Crippen molar-refractivity contribution in [2.24, 2.45) is 0 Å². The zero-order chi connectivity index (χ0) is 13.5. The number of hydrogen-bond donors (Lipinski definition) is 2. The van der Waals surface area contributed by atoms with Crippen LogP contribution < -0.4 is 5.32 Å². The van der Waals surface area contributed by atoms with Crippen LogP contribution in [0.5, 0.6) is 0 Å². The number of carbonyl (C=O) groups is 1. The Hall–Kier alpha value is -1.41. The highest BCUT2D eigenvalue weighted by Gasteiger charge is 2.37. The summed E-state index contributed by atoms with van der Waals surface area (Å²) in [6, 6.07) is -0.697. The number of hydrogen-bond acceptors (Lipinski definition) is 4. The Morgan fingerprint density at radius 3 is 2.61 bits per heavy atom. The van der Waals surface area contributed by atoms with E-state index in [1.807, 2.05) is 0 Å². The third kappa shape index (κ3) is 1.91. The van der Waals surface area contributed by atoms with E-state index in [0.29, 0.717) is 17.9 Å². The van der Waals surface area contributed by atoms with Gasteiger partial charge in [0.05, 0.1) is 11.4 Å². The van der Waals surface area contributed by atoms with Crippen molar-refractivity contribution in [2.45, 2.75) is 31.7 Å². The zero-order valence-corrected chi connectivity index (χ0v) is 11.3. The van der Waals surface area contributed by atoms with Crippen LogP contribution >= 0.6 is 0 Å². The minimum absolute atomic E-state index is 0.170. The average Bonchev–Trinajstić information content (AvgIpc) is 2.62. The Labute approximate surface area is 106 Å². The summed E-state index contributed by atoms with van der Waals surface area (Å²) >= 11 is 0. The molecule has 8 heteroatoms. The number of nitrogens with one attached hydrogen (secondary N) is 2. The Morgan fingerprint density at radius 1 is 1.39 bits per heavy atom. The van der Waals surface area contributed by atoms with Gasteiger partial charge in [0, 0.05) is 13.1 Å². The van der Waals surface area contributed by atoms with Gasteiger partial charge in [-0.05, 0) is 20.8 Å². The SMILES string of the molecule is Cc1n[nH]c(C)c1S(=O)(=O)N1CCNC(=O)C1C. The molecule has 0 radical (unpaired) electrons. The fraction of sp³-hybridized carbons (Fsp3) is 0.600. The molecule has 1 atom stereocenters. The van der Waals surface area contributed by atoms with Crippen LogP contribution in [0.15, 0.2) is 4.90 Å². The molecule has 1 unspecified atom stereocenters. The Bertz CT molecular complexity index is 558.